The number of fused-ring (bicyclic) bond motifs is 2. The first-order valence-corrected chi connectivity index (χ1v) is 23.0. The number of anilines is 2. The van der Waals surface area contributed by atoms with Crippen LogP contribution in [0.2, 0.25) is 0 Å². The molecule has 1 amide bonds. The third-order valence-electron chi connectivity index (χ3n) is 12.5. The highest BCUT2D eigenvalue weighted by atomic mass is 16.6. The van der Waals surface area contributed by atoms with Crippen molar-refractivity contribution in [3.8, 4) is 0 Å². The number of allylic oxidation sites excluding steroid dienone is 6. The number of amides is 1. The van der Waals surface area contributed by atoms with Gasteiger partial charge in [-0.25, -0.2) is 9.78 Å². The standard InChI is InChI=1S/C38H54N8O3.C10H17N.C3H8O/c1-9-38(6)24-48-36(47)46(38)34-15-11-14-33(42-34)45-26(2)32(23-49-37(3,4)5)27(20-39-7)18-35(45)41-25-40-28-12-10-13-29(17-16-28)44-22-30-19-31(44)21-43(30)8;1-6-8-10(5)11(7-2)9(3)4;1-3-4-2/h10-12,14-17,20,26,30-32,40H,7,9,13,18-19,21-25H2,1-6,8H3;6-9H,2,5H2,1,3-4H3;3H2,1-2H3/b27-20+,41-35+;8-6-;/t26?,30-,31-,32?,38?;;/m1../s1. The average Bonchev–Trinajstić information content (AvgIpc) is 3.86. The van der Waals surface area contributed by atoms with Gasteiger partial charge < -0.3 is 34.2 Å². The molecule has 352 valence electrons. The lowest BCUT2D eigenvalue weighted by Gasteiger charge is -2.43. The second-order valence-corrected chi connectivity index (χ2v) is 18.5. The summed E-state index contributed by atoms with van der Waals surface area (Å²) in [5.41, 5.74) is 3.75. The van der Waals surface area contributed by atoms with E-state index in [0.717, 1.165) is 61.2 Å². The maximum Gasteiger partial charge on any atom is 0.416 e. The van der Waals surface area contributed by atoms with Crippen molar-refractivity contribution in [3.63, 3.8) is 0 Å². The van der Waals surface area contributed by atoms with Crippen LogP contribution in [0, 0.1) is 5.92 Å². The zero-order valence-electron chi connectivity index (χ0n) is 41.1. The summed E-state index contributed by atoms with van der Waals surface area (Å²) in [7, 11) is 3.92. The molecular formula is C51H79N9O4. The van der Waals surface area contributed by atoms with Crippen LogP contribution < -0.4 is 15.1 Å². The Morgan fingerprint density at radius 2 is 1.89 bits per heavy atom. The van der Waals surface area contributed by atoms with E-state index in [1.165, 1.54) is 12.1 Å². The first-order valence-electron chi connectivity index (χ1n) is 23.0. The Bertz CT molecular complexity index is 1940. The normalized spacial score (nSPS) is 25.7. The molecule has 0 radical (unpaired) electrons. The number of aliphatic imine (C=N–C) groups is 2. The van der Waals surface area contributed by atoms with Crippen LogP contribution in [-0.4, -0.2) is 127 Å². The van der Waals surface area contributed by atoms with E-state index in [1.807, 2.05) is 62.2 Å². The Kier molecular flexibility index (Phi) is 19.2. The van der Waals surface area contributed by atoms with Gasteiger partial charge in [0.2, 0.25) is 0 Å². The summed E-state index contributed by atoms with van der Waals surface area (Å²) in [6.07, 6.45) is 19.6. The number of carbonyl (C=O) groups excluding carboxylic acids is 1. The van der Waals surface area contributed by atoms with Crippen LogP contribution in [0.1, 0.15) is 94.9 Å². The van der Waals surface area contributed by atoms with Crippen LogP contribution in [0.3, 0.4) is 0 Å². The number of nitrogens with zero attached hydrogens (tertiary/aromatic N) is 8. The molecule has 4 fully saturated rings. The van der Waals surface area contributed by atoms with Crippen molar-refractivity contribution < 1.29 is 19.0 Å². The average molecular weight is 882 g/mol. The van der Waals surface area contributed by atoms with E-state index >= 15 is 0 Å². The van der Waals surface area contributed by atoms with Crippen molar-refractivity contribution in [2.24, 2.45) is 15.9 Å². The number of piperidine rings is 1. The molecule has 1 aliphatic carbocycles. The fourth-order valence-electron chi connectivity index (χ4n) is 8.63. The number of cyclic esters (lactones) is 1. The molecule has 4 aliphatic heterocycles. The molecule has 5 atom stereocenters. The van der Waals surface area contributed by atoms with Crippen LogP contribution in [0.5, 0.6) is 0 Å². The number of aromatic nitrogens is 1. The maximum atomic E-state index is 12.9. The van der Waals surface area contributed by atoms with Crippen LogP contribution in [0.15, 0.2) is 113 Å². The predicted molar refractivity (Wildman–Crippen MR) is 266 cm³/mol. The van der Waals surface area contributed by atoms with Gasteiger partial charge in [-0.2, -0.15) is 0 Å². The molecule has 0 saturated carbocycles. The molecule has 1 aromatic rings. The zero-order chi connectivity index (χ0) is 47.2. The second-order valence-electron chi connectivity index (χ2n) is 18.5. The number of carbonyl (C=O) groups is 1. The van der Waals surface area contributed by atoms with Gasteiger partial charge in [-0.3, -0.25) is 19.8 Å². The summed E-state index contributed by atoms with van der Waals surface area (Å²) >= 11 is 0. The van der Waals surface area contributed by atoms with Gasteiger partial charge in [-0.15, -0.1) is 0 Å². The van der Waals surface area contributed by atoms with Crippen LogP contribution >= 0.6 is 0 Å². The molecule has 0 spiro atoms. The molecule has 3 unspecified atom stereocenters. The van der Waals surface area contributed by atoms with Crippen molar-refractivity contribution in [3.05, 3.63) is 103 Å². The number of hydrogen-bond acceptors (Lipinski definition) is 11. The van der Waals surface area contributed by atoms with Crippen molar-refractivity contribution in [1.82, 2.24) is 25.0 Å². The molecule has 5 heterocycles. The quantitative estimate of drug-likeness (QED) is 0.135. The van der Waals surface area contributed by atoms with Crippen LogP contribution in [0.25, 0.3) is 0 Å². The van der Waals surface area contributed by atoms with Gasteiger partial charge in [-0.1, -0.05) is 38.3 Å². The number of rotatable bonds is 15. The van der Waals surface area contributed by atoms with Gasteiger partial charge in [0.05, 0.1) is 17.7 Å². The topological polar surface area (TPSA) is 111 Å². The van der Waals surface area contributed by atoms with E-state index in [1.54, 1.807) is 18.2 Å². The highest BCUT2D eigenvalue weighted by molar-refractivity contribution is 6.01. The fourth-order valence-corrected chi connectivity index (χ4v) is 8.63. The molecule has 64 heavy (non-hydrogen) atoms. The Labute approximate surface area is 385 Å². The number of hydrogen-bond donors (Lipinski definition) is 1. The van der Waals surface area contributed by atoms with Crippen molar-refractivity contribution in [2.45, 2.75) is 130 Å². The van der Waals surface area contributed by atoms with Gasteiger partial charge in [0.25, 0.3) is 0 Å². The van der Waals surface area contributed by atoms with Gasteiger partial charge in [0.1, 0.15) is 30.7 Å². The van der Waals surface area contributed by atoms with Gasteiger partial charge in [0, 0.05) is 93.0 Å². The molecular weight excluding hydrogens is 803 g/mol. The monoisotopic (exact) mass is 882 g/mol. The number of amidine groups is 1. The van der Waals surface area contributed by atoms with E-state index in [2.05, 4.69) is 129 Å². The molecule has 4 saturated heterocycles. The maximum absolute atomic E-state index is 12.9. The molecule has 1 N–H and O–H groups in total. The van der Waals surface area contributed by atoms with E-state index in [4.69, 9.17) is 19.5 Å². The van der Waals surface area contributed by atoms with Crippen molar-refractivity contribution >= 4 is 30.3 Å². The summed E-state index contributed by atoms with van der Waals surface area (Å²) in [5.74, 6) is 2.18. The minimum absolute atomic E-state index is 0.0245. The minimum Gasteiger partial charge on any atom is -0.447 e. The first-order chi connectivity index (χ1) is 30.4. The van der Waals surface area contributed by atoms with Crippen LogP contribution in [-0.2, 0) is 14.2 Å². The molecule has 6 rings (SSSR count). The summed E-state index contributed by atoms with van der Waals surface area (Å²) in [5, 5.41) is 3.55. The van der Waals surface area contributed by atoms with E-state index in [9.17, 15) is 4.79 Å². The lowest BCUT2D eigenvalue weighted by Crippen LogP contribution is -2.51. The van der Waals surface area contributed by atoms with E-state index in [0.29, 0.717) is 50.2 Å². The second kappa shape index (κ2) is 23.8. The molecule has 1 aromatic heterocycles. The lowest BCUT2D eigenvalue weighted by molar-refractivity contribution is -0.0201. The van der Waals surface area contributed by atoms with E-state index < -0.39 is 5.54 Å². The molecule has 5 aliphatic rings. The summed E-state index contributed by atoms with van der Waals surface area (Å²) in [4.78, 5) is 38.3. The number of likely N-dealkylation sites (tertiary alicyclic amines) is 2. The first kappa shape index (κ1) is 51.7. The van der Waals surface area contributed by atoms with Crippen molar-refractivity contribution in [2.75, 3.05) is 63.5 Å². The van der Waals surface area contributed by atoms with Gasteiger partial charge in [0.15, 0.2) is 0 Å². The minimum atomic E-state index is -0.468. The number of piperazine rings is 1. The molecule has 13 heteroatoms. The number of ether oxygens (including phenoxy) is 3. The SMILES string of the molecule is C=CN(C(=C)/C=C\C)C(C)C.C=N/C=C1\C/C(=N\CNC2=CC=C(N3C[C@H]4C[C@@H]3CN4C)CC=C2)N(c2cccc(N3C(=O)OCC3(C)CC)n2)C(C)C1COC(C)(C)C.CCOC. The summed E-state index contributed by atoms with van der Waals surface area (Å²) in [6.45, 7) is 36.3. The number of nitrogens with one attached hydrogen (secondary N) is 1. The highest BCUT2D eigenvalue weighted by Crippen LogP contribution is 2.38. The third-order valence-corrected chi connectivity index (χ3v) is 12.5. The number of pyridine rings is 1. The summed E-state index contributed by atoms with van der Waals surface area (Å²) in [6, 6.07) is 7.47. The Hall–Kier alpha value is -4.98. The summed E-state index contributed by atoms with van der Waals surface area (Å²) < 4.78 is 16.4. The van der Waals surface area contributed by atoms with Gasteiger partial charge in [-0.05, 0) is 137 Å². The largest absolute Gasteiger partial charge is 0.447 e. The Morgan fingerprint density at radius 3 is 2.47 bits per heavy atom. The predicted octanol–water partition coefficient (Wildman–Crippen LogP) is 9.47. The van der Waals surface area contributed by atoms with E-state index in [-0.39, 0.29) is 23.7 Å². The molecule has 0 aromatic carbocycles. The molecule has 13 nitrogen and oxygen atoms in total. The smallest absolute Gasteiger partial charge is 0.416 e. The fraction of sp³-hybridized carbons (Fsp3) is 0.569. The Balaban J connectivity index is 0.000000514. The van der Waals surface area contributed by atoms with Crippen molar-refractivity contribution in [1.29, 1.82) is 0 Å². The molecule has 2 bridgehead atoms. The number of likely N-dealkylation sites (N-methyl/N-ethyl adjacent to an activating group) is 1. The third kappa shape index (κ3) is 13.3. The van der Waals surface area contributed by atoms with Gasteiger partial charge >= 0.3 is 6.09 Å². The highest BCUT2D eigenvalue weighted by Gasteiger charge is 2.45. The Morgan fingerprint density at radius 1 is 1.17 bits per heavy atom. The van der Waals surface area contributed by atoms with Crippen LogP contribution in [0.4, 0.5) is 16.4 Å². The zero-order valence-corrected chi connectivity index (χ0v) is 41.1. The lowest BCUT2D eigenvalue weighted by atomic mass is 9.85. The number of methoxy groups -OCH3 is 1.